The van der Waals surface area contributed by atoms with E-state index in [9.17, 15) is 5.11 Å². The number of rotatable bonds is 4. The van der Waals surface area contributed by atoms with Gasteiger partial charge in [-0.1, -0.05) is 19.3 Å². The monoisotopic (exact) mass is 201 g/mol. The Morgan fingerprint density at radius 3 is 2.29 bits per heavy atom. The summed E-state index contributed by atoms with van der Waals surface area (Å²) in [5, 5.41) is 9.60. The van der Waals surface area contributed by atoms with Crippen molar-refractivity contribution in [3.8, 4) is 0 Å². The second-order valence-electron chi connectivity index (χ2n) is 4.18. The topological polar surface area (TPSA) is 32.7 Å². The zero-order chi connectivity index (χ0) is 10.2. The highest BCUT2D eigenvalue weighted by atomic mass is 16.5. The maximum Gasteiger partial charge on any atom is 0.0900 e. The molecule has 1 atom stereocenters. The highest BCUT2D eigenvalue weighted by Gasteiger charge is 2.12. The number of β-amino-alcohol motifs (C(OH)–C–C–N with tert-alkyl or cyclic N) is 1. The summed E-state index contributed by atoms with van der Waals surface area (Å²) >= 11 is 0. The molecule has 84 valence electrons. The molecule has 0 saturated carbocycles. The number of aliphatic hydroxyl groups is 1. The van der Waals surface area contributed by atoms with Gasteiger partial charge in [0.25, 0.3) is 0 Å². The summed E-state index contributed by atoms with van der Waals surface area (Å²) in [4.78, 5) is 2.36. The Kier molecular flexibility index (Phi) is 6.15. The minimum Gasteiger partial charge on any atom is -0.389 e. The molecule has 1 heterocycles. The van der Waals surface area contributed by atoms with Crippen LogP contribution in [-0.4, -0.2) is 49.5 Å². The summed E-state index contributed by atoms with van der Waals surface area (Å²) in [5.74, 6) is 0. The molecule has 14 heavy (non-hydrogen) atoms. The van der Waals surface area contributed by atoms with Crippen LogP contribution in [0.15, 0.2) is 0 Å². The number of hydrogen-bond donors (Lipinski definition) is 1. The largest absolute Gasteiger partial charge is 0.389 e. The average Bonchev–Trinajstić information content (AvgIpc) is 2.10. The zero-order valence-corrected chi connectivity index (χ0v) is 9.24. The van der Waals surface area contributed by atoms with Gasteiger partial charge in [0.05, 0.1) is 12.7 Å². The third-order valence-electron chi connectivity index (χ3n) is 2.78. The number of methoxy groups -OCH3 is 1. The minimum atomic E-state index is -0.320. The van der Waals surface area contributed by atoms with Crippen LogP contribution in [0.5, 0.6) is 0 Å². The first-order chi connectivity index (χ1) is 6.83. The lowest BCUT2D eigenvalue weighted by atomic mass is 10.1. The molecule has 0 radical (unpaired) electrons. The average molecular weight is 201 g/mol. The number of likely N-dealkylation sites (tertiary alicyclic amines) is 1. The third-order valence-corrected chi connectivity index (χ3v) is 2.78. The number of nitrogens with zero attached hydrogens (tertiary/aromatic N) is 1. The van der Waals surface area contributed by atoms with Gasteiger partial charge in [-0.3, -0.25) is 0 Å². The van der Waals surface area contributed by atoms with E-state index in [2.05, 4.69) is 4.90 Å². The maximum absolute atomic E-state index is 9.60. The van der Waals surface area contributed by atoms with E-state index in [1.54, 1.807) is 7.11 Å². The van der Waals surface area contributed by atoms with Crippen molar-refractivity contribution < 1.29 is 9.84 Å². The van der Waals surface area contributed by atoms with E-state index in [4.69, 9.17) is 4.74 Å². The van der Waals surface area contributed by atoms with Gasteiger partial charge in [0.1, 0.15) is 0 Å². The molecule has 0 spiro atoms. The summed E-state index contributed by atoms with van der Waals surface area (Å²) in [6.45, 7) is 3.51. The molecule has 3 heteroatoms. The van der Waals surface area contributed by atoms with Crippen molar-refractivity contribution in [1.82, 2.24) is 4.90 Å². The van der Waals surface area contributed by atoms with E-state index in [-0.39, 0.29) is 6.10 Å². The van der Waals surface area contributed by atoms with Gasteiger partial charge in [-0.05, 0) is 25.9 Å². The molecule has 1 aliphatic rings. The van der Waals surface area contributed by atoms with Crippen LogP contribution in [0, 0.1) is 0 Å². The molecule has 1 rings (SSSR count). The Morgan fingerprint density at radius 2 is 1.71 bits per heavy atom. The van der Waals surface area contributed by atoms with E-state index >= 15 is 0 Å². The number of hydrogen-bond acceptors (Lipinski definition) is 3. The van der Waals surface area contributed by atoms with Gasteiger partial charge in [0, 0.05) is 13.7 Å². The molecule has 3 nitrogen and oxygen atoms in total. The van der Waals surface area contributed by atoms with Crippen LogP contribution in [0.25, 0.3) is 0 Å². The fraction of sp³-hybridized carbons (Fsp3) is 1.00. The lowest BCUT2D eigenvalue weighted by molar-refractivity contribution is 0.0360. The quantitative estimate of drug-likeness (QED) is 0.743. The van der Waals surface area contributed by atoms with Crippen LogP contribution in [0.4, 0.5) is 0 Å². The van der Waals surface area contributed by atoms with Gasteiger partial charge < -0.3 is 14.7 Å². The van der Waals surface area contributed by atoms with Crippen molar-refractivity contribution in [2.45, 2.75) is 38.2 Å². The molecular weight excluding hydrogens is 178 g/mol. The van der Waals surface area contributed by atoms with Crippen molar-refractivity contribution in [1.29, 1.82) is 0 Å². The van der Waals surface area contributed by atoms with Crippen molar-refractivity contribution in [2.24, 2.45) is 0 Å². The van der Waals surface area contributed by atoms with Gasteiger partial charge in [-0.15, -0.1) is 0 Å². The smallest absolute Gasteiger partial charge is 0.0900 e. The van der Waals surface area contributed by atoms with E-state index < -0.39 is 0 Å². The fourth-order valence-electron chi connectivity index (χ4n) is 2.04. The van der Waals surface area contributed by atoms with Crippen LogP contribution in [0.1, 0.15) is 32.1 Å². The van der Waals surface area contributed by atoms with Crippen LogP contribution in [0.3, 0.4) is 0 Å². The second-order valence-corrected chi connectivity index (χ2v) is 4.18. The van der Waals surface area contributed by atoms with E-state index in [1.165, 1.54) is 32.1 Å². The van der Waals surface area contributed by atoms with Gasteiger partial charge in [-0.2, -0.15) is 0 Å². The van der Waals surface area contributed by atoms with Gasteiger partial charge >= 0.3 is 0 Å². The van der Waals surface area contributed by atoms with E-state index in [0.717, 1.165) is 19.6 Å². The summed E-state index contributed by atoms with van der Waals surface area (Å²) in [7, 11) is 1.64. The zero-order valence-electron chi connectivity index (χ0n) is 9.24. The normalized spacial score (nSPS) is 22.7. The fourth-order valence-corrected chi connectivity index (χ4v) is 2.04. The maximum atomic E-state index is 9.60. The predicted molar refractivity (Wildman–Crippen MR) is 57.4 cm³/mol. The van der Waals surface area contributed by atoms with Crippen molar-refractivity contribution in [2.75, 3.05) is 33.4 Å². The van der Waals surface area contributed by atoms with Crippen molar-refractivity contribution in [3.05, 3.63) is 0 Å². The first-order valence-electron chi connectivity index (χ1n) is 5.72. The number of ether oxygens (including phenoxy) is 1. The molecule has 1 fully saturated rings. The first-order valence-corrected chi connectivity index (χ1v) is 5.72. The minimum absolute atomic E-state index is 0.320. The Bertz CT molecular complexity index is 133. The van der Waals surface area contributed by atoms with Gasteiger partial charge in [-0.25, -0.2) is 0 Å². The molecule has 1 saturated heterocycles. The summed E-state index contributed by atoms with van der Waals surface area (Å²) < 4.78 is 4.92. The highest BCUT2D eigenvalue weighted by molar-refractivity contribution is 4.66. The third kappa shape index (κ3) is 4.94. The molecule has 1 N–H and O–H groups in total. The van der Waals surface area contributed by atoms with Crippen LogP contribution in [0.2, 0.25) is 0 Å². The predicted octanol–water partition coefficient (Wildman–Crippen LogP) is 1.26. The highest BCUT2D eigenvalue weighted by Crippen LogP contribution is 2.10. The SMILES string of the molecule is COCC(O)CN1CCCCCCC1. The van der Waals surface area contributed by atoms with Gasteiger partial charge in [0.2, 0.25) is 0 Å². The van der Waals surface area contributed by atoms with Crippen LogP contribution in [-0.2, 0) is 4.74 Å². The summed E-state index contributed by atoms with van der Waals surface area (Å²) in [6, 6.07) is 0. The van der Waals surface area contributed by atoms with Crippen LogP contribution >= 0.6 is 0 Å². The number of aliphatic hydroxyl groups excluding tert-OH is 1. The molecule has 0 bridgehead atoms. The summed E-state index contributed by atoms with van der Waals surface area (Å²) in [6.07, 6.45) is 6.31. The Balaban J connectivity index is 2.19. The first kappa shape index (κ1) is 12.0. The van der Waals surface area contributed by atoms with Crippen molar-refractivity contribution >= 4 is 0 Å². The van der Waals surface area contributed by atoms with E-state index in [0.29, 0.717) is 6.61 Å². The van der Waals surface area contributed by atoms with Crippen LogP contribution < -0.4 is 0 Å². The molecule has 1 aliphatic heterocycles. The van der Waals surface area contributed by atoms with Crippen molar-refractivity contribution in [3.63, 3.8) is 0 Å². The second kappa shape index (κ2) is 7.21. The molecule has 0 aromatic heterocycles. The molecule has 0 aromatic carbocycles. The Hall–Kier alpha value is -0.120. The van der Waals surface area contributed by atoms with Gasteiger partial charge in [0.15, 0.2) is 0 Å². The standard InChI is InChI=1S/C11H23NO2/c1-14-10-11(13)9-12-7-5-3-2-4-6-8-12/h11,13H,2-10H2,1H3. The molecular formula is C11H23NO2. The molecule has 0 aliphatic carbocycles. The molecule has 0 amide bonds. The summed E-state index contributed by atoms with van der Waals surface area (Å²) in [5.41, 5.74) is 0. The lowest BCUT2D eigenvalue weighted by Gasteiger charge is -2.26. The Morgan fingerprint density at radius 1 is 1.14 bits per heavy atom. The molecule has 0 aromatic rings. The Labute approximate surface area is 87.1 Å². The molecule has 1 unspecified atom stereocenters. The van der Waals surface area contributed by atoms with E-state index in [1.807, 2.05) is 0 Å². The lowest BCUT2D eigenvalue weighted by Crippen LogP contribution is -2.36.